The summed E-state index contributed by atoms with van der Waals surface area (Å²) in [6.45, 7) is 4.41. The fourth-order valence-electron chi connectivity index (χ4n) is 4.31. The molecule has 1 aliphatic heterocycles. The summed E-state index contributed by atoms with van der Waals surface area (Å²) in [7, 11) is 0. The molecule has 5 nitrogen and oxygen atoms in total. The van der Waals surface area contributed by atoms with Crippen LogP contribution >= 0.6 is 0 Å². The van der Waals surface area contributed by atoms with Crippen LogP contribution in [0.2, 0.25) is 0 Å². The molecule has 1 amide bonds. The minimum absolute atomic E-state index is 0.0403. The predicted octanol–water partition coefficient (Wildman–Crippen LogP) is 5.62. The van der Waals surface area contributed by atoms with Crippen LogP contribution in [0.4, 0.5) is 0 Å². The quantitative estimate of drug-likeness (QED) is 0.537. The van der Waals surface area contributed by atoms with Crippen LogP contribution in [0.25, 0.3) is 11.1 Å². The van der Waals surface area contributed by atoms with Crippen molar-refractivity contribution in [2.24, 2.45) is 0 Å². The fraction of sp³-hybridized carbons (Fsp3) is 0.286. The molecule has 1 saturated heterocycles. The Morgan fingerprint density at radius 2 is 1.70 bits per heavy atom. The second kappa shape index (κ2) is 9.49. The van der Waals surface area contributed by atoms with Gasteiger partial charge in [0, 0.05) is 24.6 Å². The SMILES string of the molecule is CC(C)(Oc1cccc(C2CCCN(C(=O)c3ccccc3-c3ccccc3)C2)c1)C(=O)O. The molecule has 3 aromatic rings. The maximum Gasteiger partial charge on any atom is 0.347 e. The third-order valence-corrected chi connectivity index (χ3v) is 6.17. The number of hydrogen-bond donors (Lipinski definition) is 1. The molecule has 0 radical (unpaired) electrons. The highest BCUT2D eigenvalue weighted by molar-refractivity contribution is 6.01. The predicted molar refractivity (Wildman–Crippen MR) is 129 cm³/mol. The lowest BCUT2D eigenvalue weighted by atomic mass is 9.89. The van der Waals surface area contributed by atoms with Crippen LogP contribution in [0.5, 0.6) is 5.75 Å². The summed E-state index contributed by atoms with van der Waals surface area (Å²) >= 11 is 0. The van der Waals surface area contributed by atoms with Gasteiger partial charge in [-0.25, -0.2) is 4.79 Å². The van der Waals surface area contributed by atoms with Crippen molar-refractivity contribution in [2.45, 2.75) is 38.2 Å². The van der Waals surface area contributed by atoms with E-state index in [1.807, 2.05) is 77.7 Å². The highest BCUT2D eigenvalue weighted by atomic mass is 16.5. The molecule has 0 saturated carbocycles. The summed E-state index contributed by atoms with van der Waals surface area (Å²) in [6, 6.07) is 25.3. The van der Waals surface area contributed by atoms with Crippen molar-refractivity contribution >= 4 is 11.9 Å². The monoisotopic (exact) mass is 443 g/mol. The van der Waals surface area contributed by atoms with Gasteiger partial charge in [-0.3, -0.25) is 4.79 Å². The van der Waals surface area contributed by atoms with Crippen LogP contribution in [0.3, 0.4) is 0 Å². The van der Waals surface area contributed by atoms with E-state index in [4.69, 9.17) is 4.74 Å². The van der Waals surface area contributed by atoms with E-state index in [1.54, 1.807) is 6.07 Å². The summed E-state index contributed by atoms with van der Waals surface area (Å²) in [5, 5.41) is 9.36. The molecule has 4 rings (SSSR count). The number of piperidine rings is 1. The molecule has 1 aliphatic rings. The van der Waals surface area contributed by atoms with Crippen molar-refractivity contribution in [2.75, 3.05) is 13.1 Å². The van der Waals surface area contributed by atoms with Gasteiger partial charge in [-0.2, -0.15) is 0 Å². The number of rotatable bonds is 6. The zero-order valence-corrected chi connectivity index (χ0v) is 19.0. The molecule has 1 N–H and O–H groups in total. The van der Waals surface area contributed by atoms with E-state index in [0.29, 0.717) is 17.9 Å². The Kier molecular flexibility index (Phi) is 6.50. The fourth-order valence-corrected chi connectivity index (χ4v) is 4.31. The molecule has 170 valence electrons. The zero-order chi connectivity index (χ0) is 23.4. The van der Waals surface area contributed by atoms with Crippen molar-refractivity contribution in [1.82, 2.24) is 4.90 Å². The molecule has 5 heteroatoms. The summed E-state index contributed by atoms with van der Waals surface area (Å²) in [6.07, 6.45) is 1.88. The average molecular weight is 444 g/mol. The van der Waals surface area contributed by atoms with Crippen LogP contribution in [0.15, 0.2) is 78.9 Å². The van der Waals surface area contributed by atoms with E-state index < -0.39 is 11.6 Å². The third-order valence-electron chi connectivity index (χ3n) is 6.17. The lowest BCUT2D eigenvalue weighted by molar-refractivity contribution is -0.152. The second-order valence-electron chi connectivity index (χ2n) is 8.99. The molecule has 0 aromatic heterocycles. The number of hydrogen-bond acceptors (Lipinski definition) is 3. The Balaban J connectivity index is 1.54. The molecule has 0 aliphatic carbocycles. The lowest BCUT2D eigenvalue weighted by Gasteiger charge is -2.34. The Morgan fingerprint density at radius 3 is 2.45 bits per heavy atom. The van der Waals surface area contributed by atoms with E-state index in [2.05, 4.69) is 0 Å². The molecular formula is C28H29NO4. The largest absolute Gasteiger partial charge is 0.478 e. The molecular weight excluding hydrogens is 414 g/mol. The summed E-state index contributed by atoms with van der Waals surface area (Å²) < 4.78 is 5.72. The molecule has 0 spiro atoms. The van der Waals surface area contributed by atoms with Crippen molar-refractivity contribution in [3.05, 3.63) is 90.0 Å². The van der Waals surface area contributed by atoms with Crippen LogP contribution in [-0.2, 0) is 4.79 Å². The van der Waals surface area contributed by atoms with Gasteiger partial charge >= 0.3 is 5.97 Å². The van der Waals surface area contributed by atoms with Crippen molar-refractivity contribution in [3.63, 3.8) is 0 Å². The van der Waals surface area contributed by atoms with E-state index in [0.717, 1.165) is 36.1 Å². The van der Waals surface area contributed by atoms with Crippen LogP contribution in [0.1, 0.15) is 48.5 Å². The number of carboxylic acid groups (broad SMARTS) is 1. The molecule has 1 unspecified atom stereocenters. The molecule has 1 fully saturated rings. The van der Waals surface area contributed by atoms with Crippen molar-refractivity contribution in [1.29, 1.82) is 0 Å². The van der Waals surface area contributed by atoms with Gasteiger partial charge in [-0.1, -0.05) is 60.7 Å². The van der Waals surface area contributed by atoms with Crippen molar-refractivity contribution < 1.29 is 19.4 Å². The maximum absolute atomic E-state index is 13.5. The molecule has 1 atom stereocenters. The molecule has 1 heterocycles. The molecule has 33 heavy (non-hydrogen) atoms. The number of carbonyl (C=O) groups excluding carboxylic acids is 1. The van der Waals surface area contributed by atoms with E-state index in [-0.39, 0.29) is 11.8 Å². The van der Waals surface area contributed by atoms with Crippen molar-refractivity contribution in [3.8, 4) is 16.9 Å². The van der Waals surface area contributed by atoms with Crippen LogP contribution in [0, 0.1) is 0 Å². The van der Waals surface area contributed by atoms with Gasteiger partial charge in [0.1, 0.15) is 5.75 Å². The maximum atomic E-state index is 13.5. The summed E-state index contributed by atoms with van der Waals surface area (Å²) in [4.78, 5) is 26.9. The topological polar surface area (TPSA) is 66.8 Å². The first-order valence-corrected chi connectivity index (χ1v) is 11.3. The first-order chi connectivity index (χ1) is 15.8. The second-order valence-corrected chi connectivity index (χ2v) is 8.99. The minimum Gasteiger partial charge on any atom is -0.478 e. The summed E-state index contributed by atoms with van der Waals surface area (Å²) in [5.74, 6) is -0.279. The minimum atomic E-state index is -1.31. The number of ether oxygens (including phenoxy) is 1. The van der Waals surface area contributed by atoms with Crippen LogP contribution < -0.4 is 4.74 Å². The number of likely N-dealkylation sites (tertiary alicyclic amines) is 1. The lowest BCUT2D eigenvalue weighted by Crippen LogP contribution is -2.39. The van der Waals surface area contributed by atoms with Gasteiger partial charge in [0.2, 0.25) is 0 Å². The van der Waals surface area contributed by atoms with Gasteiger partial charge in [0.05, 0.1) is 0 Å². The Hall–Kier alpha value is -3.60. The Labute approximate surface area is 194 Å². The standard InChI is InChI=1S/C28H29NO4/c1-28(2,27(31)32)33-23-14-8-12-21(18-23)22-13-9-17-29(19-22)26(30)25-16-7-6-15-24(25)20-10-4-3-5-11-20/h3-8,10-12,14-16,18,22H,9,13,17,19H2,1-2H3,(H,31,32). The highest BCUT2D eigenvalue weighted by Gasteiger charge is 2.30. The van der Waals surface area contributed by atoms with E-state index >= 15 is 0 Å². The number of carboxylic acids is 1. The molecule has 3 aromatic carbocycles. The average Bonchev–Trinajstić information content (AvgIpc) is 2.84. The third kappa shape index (κ3) is 5.08. The van der Waals surface area contributed by atoms with Crippen LogP contribution in [-0.4, -0.2) is 40.6 Å². The summed E-state index contributed by atoms with van der Waals surface area (Å²) in [5.41, 5.74) is 2.43. The first kappa shape index (κ1) is 22.6. The first-order valence-electron chi connectivity index (χ1n) is 11.3. The van der Waals surface area contributed by atoms with E-state index in [1.165, 1.54) is 13.8 Å². The number of carbonyl (C=O) groups is 2. The number of benzene rings is 3. The zero-order valence-electron chi connectivity index (χ0n) is 19.0. The van der Waals surface area contributed by atoms with Gasteiger partial charge in [0.15, 0.2) is 5.60 Å². The van der Waals surface area contributed by atoms with Gasteiger partial charge in [0.25, 0.3) is 5.91 Å². The normalized spacial score (nSPS) is 16.3. The number of amides is 1. The Morgan fingerprint density at radius 1 is 0.970 bits per heavy atom. The molecule has 0 bridgehead atoms. The smallest absolute Gasteiger partial charge is 0.347 e. The Bertz CT molecular complexity index is 1140. The number of aliphatic carboxylic acids is 1. The van der Waals surface area contributed by atoms with Gasteiger partial charge in [-0.15, -0.1) is 0 Å². The van der Waals surface area contributed by atoms with Gasteiger partial charge < -0.3 is 14.7 Å². The number of nitrogens with zero attached hydrogens (tertiary/aromatic N) is 1. The van der Waals surface area contributed by atoms with Gasteiger partial charge in [-0.05, 0) is 61.6 Å². The van der Waals surface area contributed by atoms with E-state index in [9.17, 15) is 14.7 Å². The highest BCUT2D eigenvalue weighted by Crippen LogP contribution is 2.32.